The topological polar surface area (TPSA) is 55.3 Å². The Morgan fingerprint density at radius 2 is 1.81 bits per heavy atom. The van der Waals surface area contributed by atoms with Crippen molar-refractivity contribution in [1.82, 2.24) is 4.90 Å². The van der Waals surface area contributed by atoms with E-state index in [1.165, 1.54) is 12.1 Å². The molecule has 90 valence electrons. The molecule has 0 atom stereocenters. The van der Waals surface area contributed by atoms with Crippen LogP contribution in [0.2, 0.25) is 0 Å². The predicted molar refractivity (Wildman–Crippen MR) is 67.5 cm³/mol. The van der Waals surface area contributed by atoms with Crippen LogP contribution in [0, 0.1) is 5.82 Å². The van der Waals surface area contributed by atoms with Crippen molar-refractivity contribution >= 4 is 15.9 Å². The standard InChI is InChI=1S/C11H17BrFN3/c12-11-7-10(13)2-1-9(11)8-16(5-3-14)6-4-15/h1-2,7H,3-6,8,14-15H2. The SMILES string of the molecule is NCCN(CCN)Cc1ccc(F)cc1Br. The number of halogens is 2. The summed E-state index contributed by atoms with van der Waals surface area (Å²) in [6, 6.07) is 4.71. The first-order chi connectivity index (χ1) is 7.67. The first kappa shape index (κ1) is 13.6. The molecule has 0 aliphatic rings. The Morgan fingerprint density at radius 1 is 1.19 bits per heavy atom. The van der Waals surface area contributed by atoms with Gasteiger partial charge in [-0.3, -0.25) is 4.90 Å². The fraction of sp³-hybridized carbons (Fsp3) is 0.455. The van der Waals surface area contributed by atoms with Crippen molar-refractivity contribution in [3.8, 4) is 0 Å². The highest BCUT2D eigenvalue weighted by Crippen LogP contribution is 2.19. The molecule has 0 aliphatic carbocycles. The van der Waals surface area contributed by atoms with Gasteiger partial charge in [0, 0.05) is 37.2 Å². The average Bonchev–Trinajstić information content (AvgIpc) is 2.23. The van der Waals surface area contributed by atoms with Crippen LogP contribution < -0.4 is 11.5 Å². The Labute approximate surface area is 104 Å². The monoisotopic (exact) mass is 289 g/mol. The molecule has 0 saturated heterocycles. The van der Waals surface area contributed by atoms with Crippen molar-refractivity contribution in [3.05, 3.63) is 34.1 Å². The highest BCUT2D eigenvalue weighted by Gasteiger charge is 2.07. The van der Waals surface area contributed by atoms with Crippen LogP contribution in [0.5, 0.6) is 0 Å². The second-order valence-electron chi connectivity index (χ2n) is 3.59. The van der Waals surface area contributed by atoms with Gasteiger partial charge in [-0.05, 0) is 17.7 Å². The Hall–Kier alpha value is -0.490. The highest BCUT2D eigenvalue weighted by molar-refractivity contribution is 9.10. The van der Waals surface area contributed by atoms with Gasteiger partial charge in [0.25, 0.3) is 0 Å². The summed E-state index contributed by atoms with van der Waals surface area (Å²) in [6.45, 7) is 3.51. The summed E-state index contributed by atoms with van der Waals surface area (Å²) in [5, 5.41) is 0. The molecule has 0 amide bonds. The van der Waals surface area contributed by atoms with Gasteiger partial charge in [0.15, 0.2) is 0 Å². The molecule has 1 rings (SSSR count). The zero-order valence-corrected chi connectivity index (χ0v) is 10.7. The minimum absolute atomic E-state index is 0.236. The van der Waals surface area contributed by atoms with E-state index in [0.717, 1.165) is 29.7 Å². The van der Waals surface area contributed by atoms with E-state index in [9.17, 15) is 4.39 Å². The van der Waals surface area contributed by atoms with Crippen LogP contribution in [0.1, 0.15) is 5.56 Å². The summed E-state index contributed by atoms with van der Waals surface area (Å²) in [6.07, 6.45) is 0. The summed E-state index contributed by atoms with van der Waals surface area (Å²) in [4.78, 5) is 2.15. The second-order valence-corrected chi connectivity index (χ2v) is 4.44. The number of hydrogen-bond donors (Lipinski definition) is 2. The molecular formula is C11H17BrFN3. The van der Waals surface area contributed by atoms with Crippen LogP contribution in [0.3, 0.4) is 0 Å². The molecule has 0 radical (unpaired) electrons. The fourth-order valence-electron chi connectivity index (χ4n) is 1.53. The van der Waals surface area contributed by atoms with E-state index in [0.29, 0.717) is 13.1 Å². The fourth-order valence-corrected chi connectivity index (χ4v) is 2.00. The lowest BCUT2D eigenvalue weighted by Crippen LogP contribution is -2.33. The summed E-state index contributed by atoms with van der Waals surface area (Å²) >= 11 is 3.35. The summed E-state index contributed by atoms with van der Waals surface area (Å²) < 4.78 is 13.7. The minimum Gasteiger partial charge on any atom is -0.329 e. The maximum absolute atomic E-state index is 12.9. The third-order valence-electron chi connectivity index (χ3n) is 2.30. The predicted octanol–water partition coefficient (Wildman–Crippen LogP) is 1.31. The van der Waals surface area contributed by atoms with Gasteiger partial charge in [-0.1, -0.05) is 22.0 Å². The van der Waals surface area contributed by atoms with E-state index in [-0.39, 0.29) is 5.82 Å². The molecule has 0 heterocycles. The Balaban J connectivity index is 2.68. The number of hydrogen-bond acceptors (Lipinski definition) is 3. The quantitative estimate of drug-likeness (QED) is 0.830. The summed E-state index contributed by atoms with van der Waals surface area (Å²) in [5.41, 5.74) is 12.1. The number of rotatable bonds is 6. The zero-order chi connectivity index (χ0) is 12.0. The Morgan fingerprint density at radius 3 is 2.31 bits per heavy atom. The maximum Gasteiger partial charge on any atom is 0.124 e. The van der Waals surface area contributed by atoms with Crippen molar-refractivity contribution in [3.63, 3.8) is 0 Å². The van der Waals surface area contributed by atoms with Crippen LogP contribution in [0.4, 0.5) is 4.39 Å². The van der Waals surface area contributed by atoms with Gasteiger partial charge in [-0.25, -0.2) is 4.39 Å². The van der Waals surface area contributed by atoms with Crippen molar-refractivity contribution in [1.29, 1.82) is 0 Å². The minimum atomic E-state index is -0.236. The molecule has 0 saturated carbocycles. The number of benzene rings is 1. The lowest BCUT2D eigenvalue weighted by atomic mass is 10.2. The van der Waals surface area contributed by atoms with Gasteiger partial charge < -0.3 is 11.5 Å². The first-order valence-corrected chi connectivity index (χ1v) is 6.03. The summed E-state index contributed by atoms with van der Waals surface area (Å²) in [5.74, 6) is -0.236. The summed E-state index contributed by atoms with van der Waals surface area (Å²) in [7, 11) is 0. The van der Waals surface area contributed by atoms with Gasteiger partial charge in [0.2, 0.25) is 0 Å². The lowest BCUT2D eigenvalue weighted by molar-refractivity contribution is 0.280. The van der Waals surface area contributed by atoms with Gasteiger partial charge in [-0.15, -0.1) is 0 Å². The van der Waals surface area contributed by atoms with Crippen molar-refractivity contribution in [2.24, 2.45) is 11.5 Å². The molecule has 1 aromatic carbocycles. The van der Waals surface area contributed by atoms with Crippen molar-refractivity contribution in [2.45, 2.75) is 6.54 Å². The number of nitrogens with two attached hydrogens (primary N) is 2. The molecule has 0 spiro atoms. The Bertz CT molecular complexity index is 327. The molecule has 4 N–H and O–H groups in total. The molecule has 5 heteroatoms. The number of nitrogens with zero attached hydrogens (tertiary/aromatic N) is 1. The van der Waals surface area contributed by atoms with Gasteiger partial charge in [0.1, 0.15) is 5.82 Å². The van der Waals surface area contributed by atoms with Gasteiger partial charge in [-0.2, -0.15) is 0 Å². The normalized spacial score (nSPS) is 11.1. The highest BCUT2D eigenvalue weighted by atomic mass is 79.9. The molecule has 0 unspecified atom stereocenters. The van der Waals surface area contributed by atoms with E-state index in [4.69, 9.17) is 11.5 Å². The van der Waals surface area contributed by atoms with E-state index in [2.05, 4.69) is 20.8 Å². The molecular weight excluding hydrogens is 273 g/mol. The van der Waals surface area contributed by atoms with Crippen molar-refractivity contribution < 1.29 is 4.39 Å². The molecule has 1 aromatic rings. The molecule has 0 fully saturated rings. The zero-order valence-electron chi connectivity index (χ0n) is 9.13. The van der Waals surface area contributed by atoms with Crippen LogP contribution in [-0.4, -0.2) is 31.1 Å². The van der Waals surface area contributed by atoms with E-state index >= 15 is 0 Å². The van der Waals surface area contributed by atoms with Crippen LogP contribution in [-0.2, 0) is 6.54 Å². The first-order valence-electron chi connectivity index (χ1n) is 5.23. The molecule has 0 bridgehead atoms. The van der Waals surface area contributed by atoms with E-state index in [1.807, 2.05) is 0 Å². The maximum atomic E-state index is 12.9. The largest absolute Gasteiger partial charge is 0.329 e. The molecule has 0 aromatic heterocycles. The second kappa shape index (κ2) is 6.96. The smallest absolute Gasteiger partial charge is 0.124 e. The van der Waals surface area contributed by atoms with Gasteiger partial charge >= 0.3 is 0 Å². The third kappa shape index (κ3) is 4.17. The molecule has 3 nitrogen and oxygen atoms in total. The van der Waals surface area contributed by atoms with E-state index < -0.39 is 0 Å². The van der Waals surface area contributed by atoms with Crippen LogP contribution >= 0.6 is 15.9 Å². The Kier molecular flexibility index (Phi) is 5.90. The average molecular weight is 290 g/mol. The van der Waals surface area contributed by atoms with Crippen LogP contribution in [0.25, 0.3) is 0 Å². The molecule has 0 aliphatic heterocycles. The van der Waals surface area contributed by atoms with Crippen LogP contribution in [0.15, 0.2) is 22.7 Å². The van der Waals surface area contributed by atoms with Crippen molar-refractivity contribution in [2.75, 3.05) is 26.2 Å². The van der Waals surface area contributed by atoms with Gasteiger partial charge in [0.05, 0.1) is 0 Å². The molecule has 16 heavy (non-hydrogen) atoms. The lowest BCUT2D eigenvalue weighted by Gasteiger charge is -2.21. The third-order valence-corrected chi connectivity index (χ3v) is 3.04. The van der Waals surface area contributed by atoms with E-state index in [1.54, 1.807) is 6.07 Å².